The first-order valence-corrected chi connectivity index (χ1v) is 6.84. The standard InChI is InChI=1S/C18H17NO2/c1-2-21-18(20)19-17(16-11-7-4-8-12-16)14-13-15-9-5-3-6-10-15/h3-12,17H,2H2,1H3,(H,19,20). The van der Waals surface area contributed by atoms with Crippen molar-refractivity contribution < 1.29 is 9.53 Å². The zero-order valence-electron chi connectivity index (χ0n) is 11.9. The van der Waals surface area contributed by atoms with Crippen molar-refractivity contribution in [2.24, 2.45) is 0 Å². The van der Waals surface area contributed by atoms with Crippen LogP contribution in [0.1, 0.15) is 24.1 Å². The lowest BCUT2D eigenvalue weighted by atomic mass is 10.1. The summed E-state index contributed by atoms with van der Waals surface area (Å²) >= 11 is 0. The van der Waals surface area contributed by atoms with Crippen LogP contribution in [0.5, 0.6) is 0 Å². The minimum atomic E-state index is -0.464. The molecule has 0 fully saturated rings. The van der Waals surface area contributed by atoms with Crippen LogP contribution in [0, 0.1) is 11.8 Å². The van der Waals surface area contributed by atoms with E-state index < -0.39 is 12.1 Å². The van der Waals surface area contributed by atoms with Crippen LogP contribution >= 0.6 is 0 Å². The Hall–Kier alpha value is -2.73. The first-order valence-electron chi connectivity index (χ1n) is 6.84. The summed E-state index contributed by atoms with van der Waals surface area (Å²) in [5.41, 5.74) is 1.83. The minimum absolute atomic E-state index is 0.333. The zero-order valence-corrected chi connectivity index (χ0v) is 11.9. The van der Waals surface area contributed by atoms with E-state index in [0.717, 1.165) is 11.1 Å². The molecule has 0 heterocycles. The molecule has 0 spiro atoms. The van der Waals surface area contributed by atoms with Crippen LogP contribution in [-0.2, 0) is 4.74 Å². The van der Waals surface area contributed by atoms with E-state index in [0.29, 0.717) is 6.61 Å². The van der Waals surface area contributed by atoms with E-state index in [1.807, 2.05) is 60.7 Å². The summed E-state index contributed by atoms with van der Waals surface area (Å²) in [5.74, 6) is 6.15. The Morgan fingerprint density at radius 1 is 1.10 bits per heavy atom. The number of carbonyl (C=O) groups is 1. The Morgan fingerprint density at radius 3 is 2.33 bits per heavy atom. The van der Waals surface area contributed by atoms with E-state index in [4.69, 9.17) is 4.74 Å². The van der Waals surface area contributed by atoms with Crippen LogP contribution in [-0.4, -0.2) is 12.7 Å². The lowest BCUT2D eigenvalue weighted by Crippen LogP contribution is -2.28. The molecule has 1 unspecified atom stereocenters. The van der Waals surface area contributed by atoms with Gasteiger partial charge in [0.2, 0.25) is 0 Å². The summed E-state index contributed by atoms with van der Waals surface area (Å²) in [7, 11) is 0. The molecule has 1 amide bonds. The lowest BCUT2D eigenvalue weighted by molar-refractivity contribution is 0.150. The molecule has 0 bridgehead atoms. The highest BCUT2D eigenvalue weighted by atomic mass is 16.5. The number of hydrogen-bond acceptors (Lipinski definition) is 2. The molecule has 1 N–H and O–H groups in total. The maximum Gasteiger partial charge on any atom is 0.408 e. The molecular weight excluding hydrogens is 262 g/mol. The van der Waals surface area contributed by atoms with Gasteiger partial charge in [-0.25, -0.2) is 4.79 Å². The fraction of sp³-hybridized carbons (Fsp3) is 0.167. The fourth-order valence-corrected chi connectivity index (χ4v) is 1.82. The molecule has 0 aromatic heterocycles. The largest absolute Gasteiger partial charge is 0.450 e. The van der Waals surface area contributed by atoms with Gasteiger partial charge < -0.3 is 10.1 Å². The molecule has 106 valence electrons. The second kappa shape index (κ2) is 7.76. The van der Waals surface area contributed by atoms with E-state index in [1.54, 1.807) is 6.92 Å². The minimum Gasteiger partial charge on any atom is -0.450 e. The number of benzene rings is 2. The van der Waals surface area contributed by atoms with Gasteiger partial charge in [0.25, 0.3) is 0 Å². The monoisotopic (exact) mass is 279 g/mol. The van der Waals surface area contributed by atoms with Gasteiger partial charge in [0, 0.05) is 5.56 Å². The van der Waals surface area contributed by atoms with Crippen molar-refractivity contribution in [2.45, 2.75) is 13.0 Å². The molecule has 0 aliphatic rings. The second-order valence-corrected chi connectivity index (χ2v) is 4.34. The predicted octanol–water partition coefficient (Wildman–Crippen LogP) is 3.53. The van der Waals surface area contributed by atoms with Gasteiger partial charge in [0.15, 0.2) is 0 Å². The number of hydrogen-bond donors (Lipinski definition) is 1. The number of alkyl carbamates (subject to hydrolysis) is 1. The van der Waals surface area contributed by atoms with Gasteiger partial charge in [-0.2, -0.15) is 0 Å². The second-order valence-electron chi connectivity index (χ2n) is 4.34. The van der Waals surface area contributed by atoms with Gasteiger partial charge in [-0.1, -0.05) is 60.4 Å². The Kier molecular flexibility index (Phi) is 5.42. The Morgan fingerprint density at radius 2 is 1.71 bits per heavy atom. The third kappa shape index (κ3) is 4.70. The maximum absolute atomic E-state index is 11.6. The van der Waals surface area contributed by atoms with Crippen LogP contribution in [0.4, 0.5) is 4.79 Å². The average Bonchev–Trinajstić information content (AvgIpc) is 2.53. The van der Waals surface area contributed by atoms with Crippen LogP contribution in [0.15, 0.2) is 60.7 Å². The van der Waals surface area contributed by atoms with E-state index in [1.165, 1.54) is 0 Å². The van der Waals surface area contributed by atoms with Crippen LogP contribution in [0.3, 0.4) is 0 Å². The topological polar surface area (TPSA) is 38.3 Å². The lowest BCUT2D eigenvalue weighted by Gasteiger charge is -2.13. The quantitative estimate of drug-likeness (QED) is 0.873. The smallest absolute Gasteiger partial charge is 0.408 e. The summed E-state index contributed by atoms with van der Waals surface area (Å²) in [6.07, 6.45) is -0.464. The highest BCUT2D eigenvalue weighted by Gasteiger charge is 2.12. The number of rotatable bonds is 3. The first kappa shape index (κ1) is 14.7. The van der Waals surface area contributed by atoms with Crippen molar-refractivity contribution in [3.05, 3.63) is 71.8 Å². The van der Waals surface area contributed by atoms with Crippen molar-refractivity contribution in [3.8, 4) is 11.8 Å². The number of nitrogens with one attached hydrogen (secondary N) is 1. The van der Waals surface area contributed by atoms with E-state index in [2.05, 4.69) is 17.2 Å². The van der Waals surface area contributed by atoms with Crippen molar-refractivity contribution in [1.29, 1.82) is 0 Å². The van der Waals surface area contributed by atoms with Crippen LogP contribution < -0.4 is 5.32 Å². The highest BCUT2D eigenvalue weighted by molar-refractivity contribution is 5.68. The van der Waals surface area contributed by atoms with Crippen LogP contribution in [0.2, 0.25) is 0 Å². The van der Waals surface area contributed by atoms with Gasteiger partial charge in [-0.15, -0.1) is 0 Å². The molecular formula is C18H17NO2. The van der Waals surface area contributed by atoms with Crippen LogP contribution in [0.25, 0.3) is 0 Å². The van der Waals surface area contributed by atoms with Crippen molar-refractivity contribution in [1.82, 2.24) is 5.32 Å². The molecule has 0 saturated carbocycles. The molecule has 0 aliphatic carbocycles. The van der Waals surface area contributed by atoms with E-state index >= 15 is 0 Å². The van der Waals surface area contributed by atoms with Crippen molar-refractivity contribution >= 4 is 6.09 Å². The molecule has 3 nitrogen and oxygen atoms in total. The summed E-state index contributed by atoms with van der Waals surface area (Å²) < 4.78 is 4.93. The third-order valence-electron chi connectivity index (χ3n) is 2.81. The van der Waals surface area contributed by atoms with Gasteiger partial charge >= 0.3 is 6.09 Å². The third-order valence-corrected chi connectivity index (χ3v) is 2.81. The van der Waals surface area contributed by atoms with Gasteiger partial charge in [0.05, 0.1) is 6.61 Å². The molecule has 2 aromatic carbocycles. The highest BCUT2D eigenvalue weighted by Crippen LogP contribution is 2.12. The van der Waals surface area contributed by atoms with Crippen molar-refractivity contribution in [3.63, 3.8) is 0 Å². The SMILES string of the molecule is CCOC(=O)NC(C#Cc1ccccc1)c1ccccc1. The molecule has 0 saturated heterocycles. The summed E-state index contributed by atoms with van der Waals surface area (Å²) in [5, 5.41) is 2.77. The average molecular weight is 279 g/mol. The Balaban J connectivity index is 2.20. The first-order chi connectivity index (χ1) is 10.3. The molecule has 3 heteroatoms. The van der Waals surface area contributed by atoms with E-state index in [9.17, 15) is 4.79 Å². The molecule has 0 aliphatic heterocycles. The molecule has 21 heavy (non-hydrogen) atoms. The molecule has 1 atom stereocenters. The number of ether oxygens (including phenoxy) is 1. The van der Waals surface area contributed by atoms with Gasteiger partial charge in [0.1, 0.15) is 6.04 Å². The summed E-state index contributed by atoms with van der Waals surface area (Å²) in [4.78, 5) is 11.6. The zero-order chi connectivity index (χ0) is 14.9. The normalized spacial score (nSPS) is 10.9. The van der Waals surface area contributed by atoms with Gasteiger partial charge in [-0.3, -0.25) is 0 Å². The molecule has 2 aromatic rings. The summed E-state index contributed by atoms with van der Waals surface area (Å²) in [6, 6.07) is 18.9. The Labute approximate surface area is 125 Å². The maximum atomic E-state index is 11.6. The summed E-state index contributed by atoms with van der Waals surface area (Å²) in [6.45, 7) is 2.10. The number of amides is 1. The molecule has 0 radical (unpaired) electrons. The van der Waals surface area contributed by atoms with Gasteiger partial charge in [-0.05, 0) is 24.6 Å². The van der Waals surface area contributed by atoms with Crippen molar-refractivity contribution in [2.75, 3.05) is 6.61 Å². The predicted molar refractivity (Wildman–Crippen MR) is 82.7 cm³/mol. The Bertz CT molecular complexity index is 627. The number of carbonyl (C=O) groups excluding carboxylic acids is 1. The fourth-order valence-electron chi connectivity index (χ4n) is 1.82. The van der Waals surface area contributed by atoms with E-state index in [-0.39, 0.29) is 0 Å². The molecule has 2 rings (SSSR count).